The maximum absolute atomic E-state index is 12.0. The normalized spacial score (nSPS) is 11.2. The SMILES string of the molecule is O=CCCc1cccc(OC(F)(F)F)c1Br. The van der Waals surface area contributed by atoms with Crippen molar-refractivity contribution in [2.45, 2.75) is 19.2 Å². The van der Waals surface area contributed by atoms with E-state index in [1.807, 2.05) is 0 Å². The van der Waals surface area contributed by atoms with Crippen LogP contribution >= 0.6 is 15.9 Å². The van der Waals surface area contributed by atoms with Gasteiger partial charge in [0.25, 0.3) is 0 Å². The van der Waals surface area contributed by atoms with E-state index < -0.39 is 6.36 Å². The van der Waals surface area contributed by atoms with E-state index in [0.29, 0.717) is 18.3 Å². The second-order valence-electron chi connectivity index (χ2n) is 2.98. The van der Waals surface area contributed by atoms with Gasteiger partial charge in [-0.3, -0.25) is 0 Å². The van der Waals surface area contributed by atoms with Crippen molar-refractivity contribution in [3.8, 4) is 5.75 Å². The van der Waals surface area contributed by atoms with Crippen LogP contribution in [0.1, 0.15) is 12.0 Å². The average molecular weight is 297 g/mol. The number of rotatable bonds is 4. The van der Waals surface area contributed by atoms with Gasteiger partial charge in [-0.05, 0) is 34.0 Å². The molecule has 1 aromatic rings. The second-order valence-corrected chi connectivity index (χ2v) is 3.78. The maximum atomic E-state index is 12.0. The molecule has 0 radical (unpaired) electrons. The molecule has 0 aliphatic heterocycles. The van der Waals surface area contributed by atoms with Crippen LogP contribution in [-0.2, 0) is 11.2 Å². The number of carbonyl (C=O) groups excluding carboxylic acids is 1. The van der Waals surface area contributed by atoms with Gasteiger partial charge in [0.1, 0.15) is 12.0 Å². The molecule has 88 valence electrons. The molecule has 0 spiro atoms. The first-order valence-electron chi connectivity index (χ1n) is 4.41. The monoisotopic (exact) mass is 296 g/mol. The van der Waals surface area contributed by atoms with Crippen LogP contribution < -0.4 is 4.74 Å². The molecular formula is C10H8BrF3O2. The fourth-order valence-corrected chi connectivity index (χ4v) is 1.71. The zero-order valence-electron chi connectivity index (χ0n) is 8.05. The molecule has 1 rings (SSSR count). The van der Waals surface area contributed by atoms with Crippen LogP contribution in [0.4, 0.5) is 13.2 Å². The number of ether oxygens (including phenoxy) is 1. The first kappa shape index (κ1) is 13.0. The van der Waals surface area contributed by atoms with Gasteiger partial charge in [-0.25, -0.2) is 0 Å². The molecular weight excluding hydrogens is 289 g/mol. The van der Waals surface area contributed by atoms with Crippen LogP contribution in [0.25, 0.3) is 0 Å². The minimum Gasteiger partial charge on any atom is -0.405 e. The van der Waals surface area contributed by atoms with E-state index in [-0.39, 0.29) is 16.6 Å². The maximum Gasteiger partial charge on any atom is 0.573 e. The van der Waals surface area contributed by atoms with Gasteiger partial charge in [0.05, 0.1) is 4.47 Å². The zero-order valence-corrected chi connectivity index (χ0v) is 9.64. The van der Waals surface area contributed by atoms with Gasteiger partial charge in [0, 0.05) is 6.42 Å². The molecule has 0 unspecified atom stereocenters. The number of carbonyl (C=O) groups is 1. The van der Waals surface area contributed by atoms with Gasteiger partial charge in [0.2, 0.25) is 0 Å². The molecule has 0 heterocycles. The molecule has 0 saturated carbocycles. The summed E-state index contributed by atoms with van der Waals surface area (Å²) in [5.41, 5.74) is 0.605. The smallest absolute Gasteiger partial charge is 0.405 e. The summed E-state index contributed by atoms with van der Waals surface area (Å²) in [6.45, 7) is 0. The molecule has 16 heavy (non-hydrogen) atoms. The van der Waals surface area contributed by atoms with Crippen LogP contribution in [0.2, 0.25) is 0 Å². The third kappa shape index (κ3) is 3.84. The summed E-state index contributed by atoms with van der Waals surface area (Å²) >= 11 is 3.02. The highest BCUT2D eigenvalue weighted by molar-refractivity contribution is 9.10. The van der Waals surface area contributed by atoms with Crippen molar-refractivity contribution in [1.82, 2.24) is 0 Å². The summed E-state index contributed by atoms with van der Waals surface area (Å²) in [7, 11) is 0. The van der Waals surface area contributed by atoms with E-state index in [4.69, 9.17) is 0 Å². The van der Waals surface area contributed by atoms with Gasteiger partial charge in [-0.1, -0.05) is 12.1 Å². The molecule has 6 heteroatoms. The molecule has 0 aliphatic rings. The number of hydrogen-bond donors (Lipinski definition) is 0. The predicted molar refractivity (Wildman–Crippen MR) is 55.2 cm³/mol. The minimum absolute atomic E-state index is 0.231. The zero-order chi connectivity index (χ0) is 12.2. The Labute approximate surface area is 98.5 Å². The van der Waals surface area contributed by atoms with Crippen molar-refractivity contribution < 1.29 is 22.7 Å². The second kappa shape index (κ2) is 5.34. The van der Waals surface area contributed by atoms with Crippen molar-refractivity contribution >= 4 is 22.2 Å². The lowest BCUT2D eigenvalue weighted by Gasteiger charge is -2.12. The Morgan fingerprint density at radius 3 is 2.62 bits per heavy atom. The fourth-order valence-electron chi connectivity index (χ4n) is 1.17. The van der Waals surface area contributed by atoms with Gasteiger partial charge in [-0.15, -0.1) is 13.2 Å². The summed E-state index contributed by atoms with van der Waals surface area (Å²) in [5.74, 6) is -0.295. The lowest BCUT2D eigenvalue weighted by molar-refractivity contribution is -0.274. The van der Waals surface area contributed by atoms with E-state index >= 15 is 0 Å². The first-order valence-corrected chi connectivity index (χ1v) is 5.20. The summed E-state index contributed by atoms with van der Waals surface area (Å²) in [6.07, 6.45) is -3.37. The number of aldehydes is 1. The van der Waals surface area contributed by atoms with Crippen molar-refractivity contribution in [1.29, 1.82) is 0 Å². The Morgan fingerprint density at radius 1 is 1.38 bits per heavy atom. The third-order valence-electron chi connectivity index (χ3n) is 1.80. The summed E-state index contributed by atoms with van der Waals surface area (Å²) in [6, 6.07) is 4.30. The van der Waals surface area contributed by atoms with Crippen molar-refractivity contribution in [2.24, 2.45) is 0 Å². The molecule has 2 nitrogen and oxygen atoms in total. The van der Waals surface area contributed by atoms with E-state index in [9.17, 15) is 18.0 Å². The average Bonchev–Trinajstić information content (AvgIpc) is 2.17. The van der Waals surface area contributed by atoms with Crippen LogP contribution in [0.5, 0.6) is 5.75 Å². The van der Waals surface area contributed by atoms with Crippen molar-refractivity contribution in [3.63, 3.8) is 0 Å². The highest BCUT2D eigenvalue weighted by atomic mass is 79.9. The van der Waals surface area contributed by atoms with E-state index in [1.165, 1.54) is 12.1 Å². The Morgan fingerprint density at radius 2 is 2.06 bits per heavy atom. The van der Waals surface area contributed by atoms with Crippen molar-refractivity contribution in [2.75, 3.05) is 0 Å². The number of alkyl halides is 3. The van der Waals surface area contributed by atoms with Crippen LogP contribution in [-0.4, -0.2) is 12.6 Å². The van der Waals surface area contributed by atoms with Crippen molar-refractivity contribution in [3.05, 3.63) is 28.2 Å². The summed E-state index contributed by atoms with van der Waals surface area (Å²) in [4.78, 5) is 10.2. The predicted octanol–water partition coefficient (Wildman–Crippen LogP) is 3.48. The lowest BCUT2D eigenvalue weighted by Crippen LogP contribution is -2.17. The van der Waals surface area contributed by atoms with E-state index in [1.54, 1.807) is 6.07 Å². The molecule has 0 bridgehead atoms. The lowest BCUT2D eigenvalue weighted by atomic mass is 10.1. The topological polar surface area (TPSA) is 26.3 Å². The quantitative estimate of drug-likeness (QED) is 0.795. The number of benzene rings is 1. The first-order chi connectivity index (χ1) is 7.44. The molecule has 0 N–H and O–H groups in total. The Hall–Kier alpha value is -1.04. The Kier molecular flexibility index (Phi) is 4.35. The highest BCUT2D eigenvalue weighted by Crippen LogP contribution is 2.33. The third-order valence-corrected chi connectivity index (χ3v) is 2.70. The largest absolute Gasteiger partial charge is 0.573 e. The highest BCUT2D eigenvalue weighted by Gasteiger charge is 2.32. The van der Waals surface area contributed by atoms with Gasteiger partial charge in [0.15, 0.2) is 0 Å². The van der Waals surface area contributed by atoms with Gasteiger partial charge < -0.3 is 9.53 Å². The Bertz CT molecular complexity index is 377. The summed E-state index contributed by atoms with van der Waals surface area (Å²) in [5, 5.41) is 0. The molecule has 0 amide bonds. The molecule has 0 aromatic heterocycles. The molecule has 1 aromatic carbocycles. The van der Waals surface area contributed by atoms with Crippen LogP contribution in [0.3, 0.4) is 0 Å². The standard InChI is InChI=1S/C10H8BrF3O2/c11-9-7(4-2-6-15)3-1-5-8(9)16-10(12,13)14/h1,3,5-6H,2,4H2. The molecule has 0 atom stereocenters. The summed E-state index contributed by atoms with van der Waals surface area (Å²) < 4.78 is 40.1. The van der Waals surface area contributed by atoms with Crippen LogP contribution in [0.15, 0.2) is 22.7 Å². The van der Waals surface area contributed by atoms with E-state index in [0.717, 1.165) is 0 Å². The van der Waals surface area contributed by atoms with Gasteiger partial charge in [-0.2, -0.15) is 0 Å². The van der Waals surface area contributed by atoms with E-state index in [2.05, 4.69) is 20.7 Å². The number of hydrogen-bond acceptors (Lipinski definition) is 2. The number of aryl methyl sites for hydroxylation is 1. The minimum atomic E-state index is -4.72. The molecule has 0 saturated heterocycles. The number of halogens is 4. The van der Waals surface area contributed by atoms with Gasteiger partial charge >= 0.3 is 6.36 Å². The Balaban J connectivity index is 2.90. The molecule has 0 aliphatic carbocycles. The molecule has 0 fully saturated rings. The fraction of sp³-hybridized carbons (Fsp3) is 0.300. The van der Waals surface area contributed by atoms with Crippen LogP contribution in [0, 0.1) is 0 Å².